The van der Waals surface area contributed by atoms with Gasteiger partial charge in [-0.05, 0) is 36.3 Å². The molecule has 1 N–H and O–H groups in total. The fourth-order valence-electron chi connectivity index (χ4n) is 2.17. The summed E-state index contributed by atoms with van der Waals surface area (Å²) in [7, 11) is 1.73. The lowest BCUT2D eigenvalue weighted by Gasteiger charge is -2.22. The SMILES string of the molecule is COCC(C(C)C)n1c(=S)[nH]c2cc(Br)ccc21. The number of ether oxygens (including phenoxy) is 1. The average Bonchev–Trinajstić information content (AvgIpc) is 2.61. The molecule has 0 bridgehead atoms. The maximum atomic E-state index is 5.44. The lowest BCUT2D eigenvalue weighted by molar-refractivity contribution is 0.134. The highest BCUT2D eigenvalue weighted by Crippen LogP contribution is 2.26. The van der Waals surface area contributed by atoms with Gasteiger partial charge in [-0.25, -0.2) is 0 Å². The van der Waals surface area contributed by atoms with Crippen LogP contribution in [0, 0.1) is 10.7 Å². The van der Waals surface area contributed by atoms with E-state index in [1.54, 1.807) is 7.11 Å². The number of aromatic amines is 1. The molecule has 2 rings (SSSR count). The Morgan fingerprint density at radius 2 is 2.17 bits per heavy atom. The molecule has 0 amide bonds. The highest BCUT2D eigenvalue weighted by molar-refractivity contribution is 9.10. The number of halogens is 1. The van der Waals surface area contributed by atoms with E-state index in [9.17, 15) is 0 Å². The Morgan fingerprint density at radius 1 is 1.44 bits per heavy atom. The molecular formula is C13H17BrN2OS. The van der Waals surface area contributed by atoms with Gasteiger partial charge in [-0.1, -0.05) is 29.8 Å². The zero-order valence-electron chi connectivity index (χ0n) is 10.7. The third-order valence-electron chi connectivity index (χ3n) is 3.12. The topological polar surface area (TPSA) is 29.9 Å². The first-order valence-electron chi connectivity index (χ1n) is 5.93. The number of hydrogen-bond donors (Lipinski definition) is 1. The summed E-state index contributed by atoms with van der Waals surface area (Å²) in [5, 5.41) is 0. The first kappa shape index (κ1) is 13.8. The summed E-state index contributed by atoms with van der Waals surface area (Å²) in [6.45, 7) is 5.03. The van der Waals surface area contributed by atoms with Crippen molar-refractivity contribution in [3.8, 4) is 0 Å². The van der Waals surface area contributed by atoms with E-state index in [1.165, 1.54) is 0 Å². The zero-order chi connectivity index (χ0) is 13.3. The minimum Gasteiger partial charge on any atom is -0.383 e. The summed E-state index contributed by atoms with van der Waals surface area (Å²) in [6.07, 6.45) is 0. The van der Waals surface area contributed by atoms with E-state index in [0.717, 1.165) is 20.3 Å². The summed E-state index contributed by atoms with van der Waals surface area (Å²) in [5.74, 6) is 0.458. The fourth-order valence-corrected chi connectivity index (χ4v) is 2.87. The van der Waals surface area contributed by atoms with E-state index < -0.39 is 0 Å². The van der Waals surface area contributed by atoms with Crippen LogP contribution < -0.4 is 0 Å². The molecule has 1 heterocycles. The van der Waals surface area contributed by atoms with Crippen LogP contribution in [0.25, 0.3) is 11.0 Å². The van der Waals surface area contributed by atoms with Crippen LogP contribution in [0.4, 0.5) is 0 Å². The second-order valence-electron chi connectivity index (χ2n) is 4.73. The molecule has 0 aliphatic heterocycles. The lowest BCUT2D eigenvalue weighted by Crippen LogP contribution is -2.20. The smallest absolute Gasteiger partial charge is 0.178 e. The molecule has 18 heavy (non-hydrogen) atoms. The number of aromatic nitrogens is 2. The van der Waals surface area contributed by atoms with Gasteiger partial charge in [-0.2, -0.15) is 0 Å². The summed E-state index contributed by atoms with van der Waals surface area (Å²) in [4.78, 5) is 3.25. The summed E-state index contributed by atoms with van der Waals surface area (Å²) in [5.41, 5.74) is 2.18. The number of rotatable bonds is 4. The number of benzene rings is 1. The molecular weight excluding hydrogens is 312 g/mol. The van der Waals surface area contributed by atoms with E-state index in [-0.39, 0.29) is 6.04 Å². The molecule has 0 aliphatic rings. The van der Waals surface area contributed by atoms with Crippen molar-refractivity contribution >= 4 is 39.2 Å². The number of H-pyrrole nitrogens is 1. The number of hydrogen-bond acceptors (Lipinski definition) is 2. The largest absolute Gasteiger partial charge is 0.383 e. The number of fused-ring (bicyclic) bond motifs is 1. The van der Waals surface area contributed by atoms with Crippen LogP contribution in [-0.2, 0) is 4.74 Å². The van der Waals surface area contributed by atoms with Crippen molar-refractivity contribution in [2.24, 2.45) is 5.92 Å². The predicted molar refractivity (Wildman–Crippen MR) is 80.6 cm³/mol. The molecule has 3 nitrogen and oxygen atoms in total. The number of methoxy groups -OCH3 is 1. The van der Waals surface area contributed by atoms with Crippen LogP contribution in [0.1, 0.15) is 19.9 Å². The quantitative estimate of drug-likeness (QED) is 0.848. The van der Waals surface area contributed by atoms with Gasteiger partial charge in [0.05, 0.1) is 23.7 Å². The van der Waals surface area contributed by atoms with Crippen molar-refractivity contribution in [3.05, 3.63) is 27.4 Å². The highest BCUT2D eigenvalue weighted by atomic mass is 79.9. The van der Waals surface area contributed by atoms with E-state index in [0.29, 0.717) is 12.5 Å². The molecule has 0 saturated carbocycles. The van der Waals surface area contributed by atoms with Crippen LogP contribution in [0.3, 0.4) is 0 Å². The molecule has 1 atom stereocenters. The van der Waals surface area contributed by atoms with Crippen LogP contribution in [0.15, 0.2) is 22.7 Å². The lowest BCUT2D eigenvalue weighted by atomic mass is 10.1. The van der Waals surface area contributed by atoms with Crippen LogP contribution >= 0.6 is 28.1 Å². The van der Waals surface area contributed by atoms with Gasteiger partial charge in [0.2, 0.25) is 0 Å². The minimum absolute atomic E-state index is 0.248. The molecule has 0 spiro atoms. The predicted octanol–water partition coefficient (Wildman–Crippen LogP) is 4.30. The Morgan fingerprint density at radius 3 is 2.78 bits per heavy atom. The average molecular weight is 329 g/mol. The van der Waals surface area contributed by atoms with Crippen molar-refractivity contribution < 1.29 is 4.74 Å². The first-order chi connectivity index (χ1) is 8.54. The molecule has 1 unspecified atom stereocenters. The second kappa shape index (κ2) is 5.55. The van der Waals surface area contributed by atoms with Crippen LogP contribution in [0.2, 0.25) is 0 Å². The van der Waals surface area contributed by atoms with Gasteiger partial charge in [0, 0.05) is 11.6 Å². The van der Waals surface area contributed by atoms with Gasteiger partial charge in [-0.15, -0.1) is 0 Å². The van der Waals surface area contributed by atoms with E-state index in [2.05, 4.69) is 45.4 Å². The number of nitrogens with one attached hydrogen (secondary N) is 1. The van der Waals surface area contributed by atoms with Crippen molar-refractivity contribution in [2.75, 3.05) is 13.7 Å². The maximum absolute atomic E-state index is 5.44. The summed E-state index contributed by atoms with van der Waals surface area (Å²) < 4.78 is 9.28. The molecule has 0 radical (unpaired) electrons. The van der Waals surface area contributed by atoms with Crippen molar-refractivity contribution in [3.63, 3.8) is 0 Å². The standard InChI is InChI=1S/C13H17BrN2OS/c1-8(2)12(7-17-3)16-11-5-4-9(14)6-10(11)15-13(16)18/h4-6,8,12H,7H2,1-3H3,(H,15,18). The first-order valence-corrected chi connectivity index (χ1v) is 7.13. The molecule has 0 aliphatic carbocycles. The van der Waals surface area contributed by atoms with Crippen molar-refractivity contribution in [1.82, 2.24) is 9.55 Å². The van der Waals surface area contributed by atoms with Gasteiger partial charge >= 0.3 is 0 Å². The van der Waals surface area contributed by atoms with E-state index >= 15 is 0 Å². The minimum atomic E-state index is 0.248. The maximum Gasteiger partial charge on any atom is 0.178 e. The highest BCUT2D eigenvalue weighted by Gasteiger charge is 2.19. The Labute approximate surface area is 120 Å². The van der Waals surface area contributed by atoms with Gasteiger partial charge in [-0.3, -0.25) is 0 Å². The summed E-state index contributed by atoms with van der Waals surface area (Å²) >= 11 is 8.92. The molecule has 1 aromatic heterocycles. The number of imidazole rings is 1. The molecule has 5 heteroatoms. The van der Waals surface area contributed by atoms with Crippen molar-refractivity contribution in [1.29, 1.82) is 0 Å². The van der Waals surface area contributed by atoms with Gasteiger partial charge < -0.3 is 14.3 Å². The molecule has 0 fully saturated rings. The van der Waals surface area contributed by atoms with Gasteiger partial charge in [0.25, 0.3) is 0 Å². The second-order valence-corrected chi connectivity index (χ2v) is 6.03. The van der Waals surface area contributed by atoms with Gasteiger partial charge in [0.1, 0.15) is 0 Å². The van der Waals surface area contributed by atoms with Crippen LogP contribution in [0.5, 0.6) is 0 Å². The molecule has 1 aromatic carbocycles. The summed E-state index contributed by atoms with van der Waals surface area (Å²) in [6, 6.07) is 6.41. The number of nitrogens with zero attached hydrogens (tertiary/aromatic N) is 1. The van der Waals surface area contributed by atoms with E-state index in [4.69, 9.17) is 17.0 Å². The van der Waals surface area contributed by atoms with E-state index in [1.807, 2.05) is 12.1 Å². The monoisotopic (exact) mass is 328 g/mol. The molecule has 2 aromatic rings. The van der Waals surface area contributed by atoms with Crippen LogP contribution in [-0.4, -0.2) is 23.3 Å². The third kappa shape index (κ3) is 2.53. The van der Waals surface area contributed by atoms with Gasteiger partial charge in [0.15, 0.2) is 4.77 Å². The van der Waals surface area contributed by atoms with Crippen molar-refractivity contribution in [2.45, 2.75) is 19.9 Å². The third-order valence-corrected chi connectivity index (χ3v) is 3.91. The normalized spacial score (nSPS) is 13.4. The Bertz CT molecular complexity index is 603. The Balaban J connectivity index is 2.61. The Hall–Kier alpha value is -0.650. The zero-order valence-corrected chi connectivity index (χ0v) is 13.1. The molecule has 0 saturated heterocycles. The molecule has 98 valence electrons. The fraction of sp³-hybridized carbons (Fsp3) is 0.462. The Kier molecular flexibility index (Phi) is 4.25.